The van der Waals surface area contributed by atoms with Gasteiger partial charge in [-0.15, -0.1) is 0 Å². The SMILES string of the molecule is CCSC(C)CCCC(C)SCC. The van der Waals surface area contributed by atoms with Crippen LogP contribution < -0.4 is 0 Å². The predicted octanol–water partition coefficient (Wildman–Crippen LogP) is 4.44. The van der Waals surface area contributed by atoms with E-state index >= 15 is 0 Å². The third kappa shape index (κ3) is 9.01. The molecule has 0 saturated heterocycles. The van der Waals surface area contributed by atoms with Crippen LogP contribution in [-0.4, -0.2) is 22.0 Å². The Balaban J connectivity index is 3.23. The maximum atomic E-state index is 2.35. The van der Waals surface area contributed by atoms with Crippen LogP contribution in [0.25, 0.3) is 0 Å². The molecule has 0 aromatic carbocycles. The van der Waals surface area contributed by atoms with Crippen molar-refractivity contribution in [2.75, 3.05) is 11.5 Å². The highest BCUT2D eigenvalue weighted by Crippen LogP contribution is 2.20. The Bertz CT molecular complexity index is 92.3. The molecular weight excluding hydrogens is 196 g/mol. The van der Waals surface area contributed by atoms with Crippen molar-refractivity contribution in [3.05, 3.63) is 0 Å². The molecule has 2 heteroatoms. The number of thioether (sulfide) groups is 2. The molecule has 0 fully saturated rings. The molecule has 0 aliphatic carbocycles. The van der Waals surface area contributed by atoms with Gasteiger partial charge in [0.1, 0.15) is 0 Å². The summed E-state index contributed by atoms with van der Waals surface area (Å²) in [6, 6.07) is 0. The quantitative estimate of drug-likeness (QED) is 0.593. The first-order valence-electron chi connectivity index (χ1n) is 5.43. The van der Waals surface area contributed by atoms with Crippen LogP contribution in [0.3, 0.4) is 0 Å². The van der Waals surface area contributed by atoms with Gasteiger partial charge in [-0.25, -0.2) is 0 Å². The van der Waals surface area contributed by atoms with Gasteiger partial charge < -0.3 is 0 Å². The number of hydrogen-bond acceptors (Lipinski definition) is 2. The van der Waals surface area contributed by atoms with E-state index in [0.29, 0.717) is 0 Å². The van der Waals surface area contributed by atoms with Crippen LogP contribution in [0.4, 0.5) is 0 Å². The summed E-state index contributed by atoms with van der Waals surface area (Å²) in [5.41, 5.74) is 0. The minimum atomic E-state index is 0.865. The molecule has 80 valence electrons. The molecule has 0 aromatic rings. The van der Waals surface area contributed by atoms with Crippen LogP contribution >= 0.6 is 23.5 Å². The van der Waals surface area contributed by atoms with Crippen LogP contribution in [0.1, 0.15) is 47.0 Å². The van der Waals surface area contributed by atoms with Gasteiger partial charge in [0.15, 0.2) is 0 Å². The van der Waals surface area contributed by atoms with E-state index in [-0.39, 0.29) is 0 Å². The minimum Gasteiger partial charge on any atom is -0.159 e. The molecule has 0 bridgehead atoms. The highest BCUT2D eigenvalue weighted by Gasteiger charge is 2.04. The third-order valence-electron chi connectivity index (χ3n) is 2.12. The van der Waals surface area contributed by atoms with Gasteiger partial charge in [0.25, 0.3) is 0 Å². The van der Waals surface area contributed by atoms with E-state index in [0.717, 1.165) is 10.5 Å². The highest BCUT2D eigenvalue weighted by atomic mass is 32.2. The van der Waals surface area contributed by atoms with Crippen molar-refractivity contribution in [3.8, 4) is 0 Å². The smallest absolute Gasteiger partial charge is 0.00186 e. The van der Waals surface area contributed by atoms with Gasteiger partial charge >= 0.3 is 0 Å². The fraction of sp³-hybridized carbons (Fsp3) is 1.00. The second-order valence-electron chi connectivity index (χ2n) is 3.46. The van der Waals surface area contributed by atoms with Crippen molar-refractivity contribution in [2.45, 2.75) is 57.5 Å². The van der Waals surface area contributed by atoms with Crippen molar-refractivity contribution in [2.24, 2.45) is 0 Å². The minimum absolute atomic E-state index is 0.865. The fourth-order valence-corrected chi connectivity index (χ4v) is 3.23. The molecule has 13 heavy (non-hydrogen) atoms. The van der Waals surface area contributed by atoms with Gasteiger partial charge in [0.2, 0.25) is 0 Å². The Morgan fingerprint density at radius 1 is 0.846 bits per heavy atom. The van der Waals surface area contributed by atoms with Gasteiger partial charge in [-0.1, -0.05) is 34.1 Å². The van der Waals surface area contributed by atoms with E-state index in [1.54, 1.807) is 0 Å². The van der Waals surface area contributed by atoms with Crippen LogP contribution in [-0.2, 0) is 0 Å². The van der Waals surface area contributed by atoms with Gasteiger partial charge in [-0.2, -0.15) is 23.5 Å². The van der Waals surface area contributed by atoms with Gasteiger partial charge in [-0.05, 0) is 24.3 Å². The summed E-state index contributed by atoms with van der Waals surface area (Å²) >= 11 is 4.18. The third-order valence-corrected chi connectivity index (χ3v) is 4.40. The van der Waals surface area contributed by atoms with E-state index < -0.39 is 0 Å². The molecule has 0 saturated carbocycles. The molecule has 2 atom stereocenters. The predicted molar refractivity (Wildman–Crippen MR) is 69.0 cm³/mol. The summed E-state index contributed by atoms with van der Waals surface area (Å²) in [6.45, 7) is 9.20. The van der Waals surface area contributed by atoms with Gasteiger partial charge in [0.05, 0.1) is 0 Å². The van der Waals surface area contributed by atoms with Crippen molar-refractivity contribution < 1.29 is 0 Å². The second kappa shape index (κ2) is 9.26. The van der Waals surface area contributed by atoms with Crippen molar-refractivity contribution in [3.63, 3.8) is 0 Å². The van der Waals surface area contributed by atoms with Crippen LogP contribution in [0.2, 0.25) is 0 Å². The molecule has 0 heterocycles. The molecular formula is C11H24S2. The average molecular weight is 220 g/mol. The summed E-state index contributed by atoms with van der Waals surface area (Å²) in [7, 11) is 0. The lowest BCUT2D eigenvalue weighted by Gasteiger charge is -2.12. The van der Waals surface area contributed by atoms with Crippen molar-refractivity contribution >= 4 is 23.5 Å². The van der Waals surface area contributed by atoms with Gasteiger partial charge in [-0.3, -0.25) is 0 Å². The van der Waals surface area contributed by atoms with E-state index in [1.165, 1.54) is 30.8 Å². The zero-order valence-corrected chi connectivity index (χ0v) is 11.1. The lowest BCUT2D eigenvalue weighted by molar-refractivity contribution is 0.673. The second-order valence-corrected chi connectivity index (χ2v) is 6.89. The van der Waals surface area contributed by atoms with E-state index in [9.17, 15) is 0 Å². The molecule has 0 N–H and O–H groups in total. The molecule has 0 nitrogen and oxygen atoms in total. The summed E-state index contributed by atoms with van der Waals surface area (Å²) in [5.74, 6) is 2.53. The molecule has 0 radical (unpaired) electrons. The van der Waals surface area contributed by atoms with E-state index in [2.05, 4.69) is 51.2 Å². The Hall–Kier alpha value is 0.700. The lowest BCUT2D eigenvalue weighted by Crippen LogP contribution is -2.01. The molecule has 0 rings (SSSR count). The Kier molecular flexibility index (Phi) is 9.76. The molecule has 0 amide bonds. The largest absolute Gasteiger partial charge is 0.159 e. The Morgan fingerprint density at radius 3 is 1.54 bits per heavy atom. The van der Waals surface area contributed by atoms with E-state index in [1.807, 2.05) is 0 Å². The maximum Gasteiger partial charge on any atom is 0.00186 e. The number of rotatable bonds is 8. The number of hydrogen-bond donors (Lipinski definition) is 0. The van der Waals surface area contributed by atoms with Crippen LogP contribution in [0, 0.1) is 0 Å². The topological polar surface area (TPSA) is 0 Å². The average Bonchev–Trinajstić information content (AvgIpc) is 2.05. The summed E-state index contributed by atoms with van der Waals surface area (Å²) in [6.07, 6.45) is 4.20. The highest BCUT2D eigenvalue weighted by molar-refractivity contribution is 8.00. The first kappa shape index (κ1) is 13.7. The first-order chi connectivity index (χ1) is 6.20. The summed E-state index contributed by atoms with van der Waals surface area (Å²) in [5, 5.41) is 1.73. The molecule has 0 spiro atoms. The molecule has 2 unspecified atom stereocenters. The molecule has 0 aliphatic heterocycles. The zero-order valence-electron chi connectivity index (χ0n) is 9.51. The fourth-order valence-electron chi connectivity index (χ4n) is 1.43. The normalized spacial score (nSPS) is 15.7. The summed E-state index contributed by atoms with van der Waals surface area (Å²) in [4.78, 5) is 0. The Morgan fingerprint density at radius 2 is 1.23 bits per heavy atom. The van der Waals surface area contributed by atoms with Gasteiger partial charge in [0, 0.05) is 10.5 Å². The van der Waals surface area contributed by atoms with Crippen LogP contribution in [0.5, 0.6) is 0 Å². The molecule has 0 aromatic heterocycles. The summed E-state index contributed by atoms with van der Waals surface area (Å²) < 4.78 is 0. The zero-order chi connectivity index (χ0) is 10.1. The molecule has 0 aliphatic rings. The lowest BCUT2D eigenvalue weighted by atomic mass is 10.2. The van der Waals surface area contributed by atoms with E-state index in [4.69, 9.17) is 0 Å². The van der Waals surface area contributed by atoms with Crippen molar-refractivity contribution in [1.29, 1.82) is 0 Å². The standard InChI is InChI=1S/C11H24S2/c1-5-12-10(3)8-7-9-11(4)13-6-2/h10-11H,5-9H2,1-4H3. The Labute approximate surface area is 92.6 Å². The van der Waals surface area contributed by atoms with Crippen molar-refractivity contribution in [1.82, 2.24) is 0 Å². The van der Waals surface area contributed by atoms with Crippen LogP contribution in [0.15, 0.2) is 0 Å². The maximum absolute atomic E-state index is 2.35. The first-order valence-corrected chi connectivity index (χ1v) is 7.53. The monoisotopic (exact) mass is 220 g/mol.